The van der Waals surface area contributed by atoms with Crippen LogP contribution in [0.3, 0.4) is 0 Å². The zero-order chi connectivity index (χ0) is 17.1. The SMILES string of the molecule is C[n+]1[nH]oc(=O)c1SCCC(=O)Nc1sc2c(c1C#N)CCCC2. The van der Waals surface area contributed by atoms with Crippen molar-refractivity contribution in [3.8, 4) is 6.07 Å². The molecule has 0 bridgehead atoms. The number of anilines is 1. The number of rotatable bonds is 5. The Labute approximate surface area is 146 Å². The van der Waals surface area contributed by atoms with Crippen molar-refractivity contribution in [2.24, 2.45) is 7.05 Å². The molecule has 1 aliphatic carbocycles. The summed E-state index contributed by atoms with van der Waals surface area (Å²) in [6, 6.07) is 2.23. The Balaban J connectivity index is 1.60. The van der Waals surface area contributed by atoms with Gasteiger partial charge in [-0.2, -0.15) is 5.26 Å². The summed E-state index contributed by atoms with van der Waals surface area (Å²) in [5, 5.41) is 15.8. The Hall–Kier alpha value is -2.05. The van der Waals surface area contributed by atoms with Gasteiger partial charge in [-0.15, -0.1) is 11.3 Å². The number of aromatic amines is 1. The van der Waals surface area contributed by atoms with Crippen molar-refractivity contribution in [2.75, 3.05) is 11.1 Å². The molecule has 126 valence electrons. The number of thioether (sulfide) groups is 1. The summed E-state index contributed by atoms with van der Waals surface area (Å²) in [5.74, 6) is 0.301. The summed E-state index contributed by atoms with van der Waals surface area (Å²) < 4.78 is 6.13. The molecular formula is C15H17N4O3S2+. The maximum absolute atomic E-state index is 12.1. The summed E-state index contributed by atoms with van der Waals surface area (Å²) >= 11 is 2.78. The van der Waals surface area contributed by atoms with E-state index in [4.69, 9.17) is 0 Å². The molecule has 2 aromatic heterocycles. The average molecular weight is 365 g/mol. The maximum Gasteiger partial charge on any atom is 0.441 e. The predicted molar refractivity (Wildman–Crippen MR) is 90.2 cm³/mol. The first-order chi connectivity index (χ1) is 11.6. The van der Waals surface area contributed by atoms with Crippen LogP contribution >= 0.6 is 23.1 Å². The Morgan fingerprint density at radius 1 is 1.50 bits per heavy atom. The molecule has 0 aromatic carbocycles. The Morgan fingerprint density at radius 2 is 2.29 bits per heavy atom. The number of nitrogens with one attached hydrogen (secondary N) is 2. The molecule has 9 heteroatoms. The third-order valence-corrected chi connectivity index (χ3v) is 6.19. The van der Waals surface area contributed by atoms with E-state index in [1.807, 2.05) is 0 Å². The minimum Gasteiger partial charge on any atom is -0.317 e. The van der Waals surface area contributed by atoms with Crippen molar-refractivity contribution in [2.45, 2.75) is 37.1 Å². The zero-order valence-electron chi connectivity index (χ0n) is 13.2. The molecule has 0 saturated carbocycles. The van der Waals surface area contributed by atoms with Gasteiger partial charge in [0.1, 0.15) is 11.1 Å². The molecule has 3 rings (SSSR count). The van der Waals surface area contributed by atoms with Crippen molar-refractivity contribution >= 4 is 34.0 Å². The number of thiophene rings is 1. The first-order valence-electron chi connectivity index (χ1n) is 7.65. The highest BCUT2D eigenvalue weighted by molar-refractivity contribution is 7.99. The predicted octanol–water partition coefficient (Wildman–Crippen LogP) is 1.73. The summed E-state index contributed by atoms with van der Waals surface area (Å²) in [7, 11) is 1.67. The highest BCUT2D eigenvalue weighted by Gasteiger charge is 2.22. The molecule has 7 nitrogen and oxygen atoms in total. The molecule has 0 atom stereocenters. The number of fused-ring (bicyclic) bond motifs is 1. The topological polar surface area (TPSA) is 103 Å². The molecule has 1 aliphatic rings. The fraction of sp³-hybridized carbons (Fsp3) is 0.467. The molecular weight excluding hydrogens is 348 g/mol. The van der Waals surface area contributed by atoms with E-state index in [0.29, 0.717) is 21.3 Å². The van der Waals surface area contributed by atoms with E-state index in [1.54, 1.807) is 7.05 Å². The maximum atomic E-state index is 12.1. The van der Waals surface area contributed by atoms with Gasteiger partial charge < -0.3 is 5.32 Å². The second-order valence-electron chi connectivity index (χ2n) is 5.52. The van der Waals surface area contributed by atoms with E-state index in [9.17, 15) is 14.9 Å². The van der Waals surface area contributed by atoms with Crippen molar-refractivity contribution in [1.29, 1.82) is 5.26 Å². The molecule has 1 amide bonds. The van der Waals surface area contributed by atoms with Crippen molar-refractivity contribution in [1.82, 2.24) is 5.27 Å². The lowest BCUT2D eigenvalue weighted by Gasteiger charge is -2.09. The number of aryl methyl sites for hydroxylation is 2. The summed E-state index contributed by atoms with van der Waals surface area (Å²) in [6.07, 6.45) is 4.39. The van der Waals surface area contributed by atoms with Crippen LogP contribution in [0.4, 0.5) is 5.00 Å². The molecule has 0 radical (unpaired) electrons. The minimum atomic E-state index is -0.444. The van der Waals surface area contributed by atoms with Crippen LogP contribution in [-0.4, -0.2) is 16.9 Å². The third kappa shape index (κ3) is 3.39. The van der Waals surface area contributed by atoms with Crippen LogP contribution in [0.1, 0.15) is 35.3 Å². The first kappa shape index (κ1) is 16.8. The molecule has 0 saturated heterocycles. The average Bonchev–Trinajstić information content (AvgIpc) is 3.08. The molecule has 0 aliphatic heterocycles. The normalized spacial score (nSPS) is 13.3. The van der Waals surface area contributed by atoms with Gasteiger partial charge in [0.25, 0.3) is 0 Å². The van der Waals surface area contributed by atoms with Gasteiger partial charge in [-0.05, 0) is 48.3 Å². The lowest BCUT2D eigenvalue weighted by atomic mass is 9.96. The van der Waals surface area contributed by atoms with Crippen LogP contribution in [0, 0.1) is 11.3 Å². The second-order valence-corrected chi connectivity index (χ2v) is 7.71. The summed E-state index contributed by atoms with van der Waals surface area (Å²) in [6.45, 7) is 0. The lowest BCUT2D eigenvalue weighted by molar-refractivity contribution is -0.772. The Bertz CT molecular complexity index is 859. The number of carbonyl (C=O) groups is 1. The van der Waals surface area contributed by atoms with Crippen LogP contribution in [0.5, 0.6) is 0 Å². The fourth-order valence-electron chi connectivity index (χ4n) is 2.69. The van der Waals surface area contributed by atoms with Crippen LogP contribution in [0.25, 0.3) is 0 Å². The van der Waals surface area contributed by atoms with Gasteiger partial charge in [-0.25, -0.2) is 4.79 Å². The second kappa shape index (κ2) is 7.23. The number of amides is 1. The van der Waals surface area contributed by atoms with Gasteiger partial charge in [-0.3, -0.25) is 9.32 Å². The summed E-state index contributed by atoms with van der Waals surface area (Å²) in [4.78, 5) is 24.8. The van der Waals surface area contributed by atoms with Gasteiger partial charge >= 0.3 is 10.7 Å². The molecule has 0 fully saturated rings. The fourth-order valence-corrected chi connectivity index (χ4v) is 4.82. The van der Waals surface area contributed by atoms with Crippen LogP contribution in [-0.2, 0) is 24.7 Å². The van der Waals surface area contributed by atoms with E-state index in [-0.39, 0.29) is 12.3 Å². The largest absolute Gasteiger partial charge is 0.441 e. The minimum absolute atomic E-state index is 0.153. The van der Waals surface area contributed by atoms with E-state index in [2.05, 4.69) is 21.2 Å². The van der Waals surface area contributed by atoms with E-state index in [1.165, 1.54) is 32.7 Å². The number of nitriles is 1. The molecule has 24 heavy (non-hydrogen) atoms. The van der Waals surface area contributed by atoms with E-state index < -0.39 is 5.63 Å². The zero-order valence-corrected chi connectivity index (χ0v) is 14.8. The third-order valence-electron chi connectivity index (χ3n) is 3.86. The lowest BCUT2D eigenvalue weighted by Crippen LogP contribution is -2.33. The number of carbonyl (C=O) groups excluding carboxylic acids is 1. The Morgan fingerprint density at radius 3 is 3.00 bits per heavy atom. The molecule has 0 spiro atoms. The number of hydrogen-bond donors (Lipinski definition) is 2. The van der Waals surface area contributed by atoms with Gasteiger partial charge in [0.2, 0.25) is 5.91 Å². The number of hydrogen-bond acceptors (Lipinski definition) is 6. The smallest absolute Gasteiger partial charge is 0.317 e. The number of nitrogens with zero attached hydrogens (tertiary/aromatic N) is 2. The highest BCUT2D eigenvalue weighted by atomic mass is 32.2. The molecule has 2 N–H and O–H groups in total. The van der Waals surface area contributed by atoms with Crippen molar-refractivity contribution in [3.05, 3.63) is 26.4 Å². The van der Waals surface area contributed by atoms with Gasteiger partial charge in [0.15, 0.2) is 7.05 Å². The van der Waals surface area contributed by atoms with Crippen LogP contribution in [0.15, 0.2) is 14.3 Å². The Kier molecular flexibility index (Phi) is 5.06. The van der Waals surface area contributed by atoms with Crippen LogP contribution < -0.4 is 15.6 Å². The van der Waals surface area contributed by atoms with Gasteiger partial charge in [0, 0.05) is 17.1 Å². The molecule has 0 unspecified atom stereocenters. The van der Waals surface area contributed by atoms with Crippen LogP contribution in [0.2, 0.25) is 0 Å². The first-order valence-corrected chi connectivity index (χ1v) is 9.45. The van der Waals surface area contributed by atoms with Crippen molar-refractivity contribution < 1.29 is 14.0 Å². The highest BCUT2D eigenvalue weighted by Crippen LogP contribution is 2.37. The monoisotopic (exact) mass is 365 g/mol. The van der Waals surface area contributed by atoms with E-state index >= 15 is 0 Å². The number of H-pyrrole nitrogens is 1. The molecule has 2 heterocycles. The quantitative estimate of drug-likeness (QED) is 0.620. The van der Waals surface area contributed by atoms with Gasteiger partial charge in [0.05, 0.1) is 5.56 Å². The molecule has 2 aromatic rings. The standard InChI is InChI=1S/C15H16N4O3S2/c1-19-14(15(21)22-18-19)23-7-6-12(20)17-13-10(8-16)9-4-2-3-5-11(9)24-13/h2-7H2,1H3,(H-,17,18,20,21)/p+1. The summed E-state index contributed by atoms with van der Waals surface area (Å²) in [5.41, 5.74) is 1.28. The van der Waals surface area contributed by atoms with E-state index in [0.717, 1.165) is 31.2 Å². The van der Waals surface area contributed by atoms with Gasteiger partial charge in [-0.1, -0.05) is 4.68 Å². The van der Waals surface area contributed by atoms with Crippen molar-refractivity contribution in [3.63, 3.8) is 0 Å². The number of aromatic nitrogens is 2.